The van der Waals surface area contributed by atoms with E-state index >= 15 is 0 Å². The van der Waals surface area contributed by atoms with Crippen LogP contribution in [0.3, 0.4) is 0 Å². The van der Waals surface area contributed by atoms with Gasteiger partial charge in [0, 0.05) is 39.4 Å². The van der Waals surface area contributed by atoms with Gasteiger partial charge in [0.2, 0.25) is 0 Å². The highest BCUT2D eigenvalue weighted by Crippen LogP contribution is 2.25. The molecule has 0 bridgehead atoms. The van der Waals surface area contributed by atoms with Gasteiger partial charge in [-0.05, 0) is 51.2 Å². The average Bonchev–Trinajstić information content (AvgIpc) is 2.64. The number of rotatable bonds is 7. The van der Waals surface area contributed by atoms with Gasteiger partial charge in [0.15, 0.2) is 5.96 Å². The summed E-state index contributed by atoms with van der Waals surface area (Å²) in [6.07, 6.45) is 2.00. The van der Waals surface area contributed by atoms with Crippen LogP contribution in [0.25, 0.3) is 0 Å². The van der Waals surface area contributed by atoms with Crippen LogP contribution >= 0.6 is 0 Å². The van der Waals surface area contributed by atoms with Crippen molar-refractivity contribution in [2.75, 3.05) is 61.1 Å². The fourth-order valence-electron chi connectivity index (χ4n) is 3.10. The van der Waals surface area contributed by atoms with Crippen molar-refractivity contribution in [2.45, 2.75) is 18.4 Å². The number of hydrogen-bond donors (Lipinski definition) is 1. The summed E-state index contributed by atoms with van der Waals surface area (Å²) < 4.78 is 24.1. The number of halogens is 1. The lowest BCUT2D eigenvalue weighted by Gasteiger charge is -2.43. The van der Waals surface area contributed by atoms with Crippen LogP contribution in [-0.4, -0.2) is 82.4 Å². The topological polar surface area (TPSA) is 49.3 Å². The maximum absolute atomic E-state index is 12.9. The lowest BCUT2D eigenvalue weighted by molar-refractivity contribution is -0.00522. The van der Waals surface area contributed by atoms with E-state index in [0.717, 1.165) is 38.6 Å². The lowest BCUT2D eigenvalue weighted by atomic mass is 9.88. The van der Waals surface area contributed by atoms with E-state index in [1.165, 1.54) is 12.1 Å². The number of guanidine groups is 1. The Bertz CT molecular complexity index is 571. The number of likely N-dealkylation sites (N-methyl/N-ethyl adjacent to an activating group) is 2. The van der Waals surface area contributed by atoms with Gasteiger partial charge in [-0.1, -0.05) is 0 Å². The van der Waals surface area contributed by atoms with Crippen LogP contribution in [0.1, 0.15) is 12.8 Å². The van der Waals surface area contributed by atoms with Crippen LogP contribution < -0.4 is 10.1 Å². The molecule has 1 saturated heterocycles. The van der Waals surface area contributed by atoms with Crippen LogP contribution in [0.15, 0.2) is 29.3 Å². The quantitative estimate of drug-likeness (QED) is 0.589. The number of nitrogens with zero attached hydrogens (tertiary/aromatic N) is 3. The highest BCUT2D eigenvalue weighted by atomic mass is 19.1. The largest absolute Gasteiger partial charge is 0.492 e. The number of hydrogen-bond acceptors (Lipinski definition) is 4. The van der Waals surface area contributed by atoms with Crippen LogP contribution in [0, 0.1) is 5.82 Å². The van der Waals surface area contributed by atoms with Gasteiger partial charge in [-0.25, -0.2) is 4.39 Å². The number of nitrogens with one attached hydrogen (secondary N) is 1. The predicted molar refractivity (Wildman–Crippen MR) is 102 cm³/mol. The maximum atomic E-state index is 12.9. The normalized spacial score (nSPS) is 17.2. The van der Waals surface area contributed by atoms with Crippen molar-refractivity contribution < 1.29 is 13.9 Å². The molecule has 0 radical (unpaired) electrons. The molecule has 0 atom stereocenters. The molecule has 0 amide bonds. The van der Waals surface area contributed by atoms with Crippen molar-refractivity contribution in [1.82, 2.24) is 15.1 Å². The van der Waals surface area contributed by atoms with E-state index in [0.29, 0.717) is 18.9 Å². The zero-order chi connectivity index (χ0) is 19.0. The van der Waals surface area contributed by atoms with Crippen LogP contribution in [0.2, 0.25) is 0 Å². The van der Waals surface area contributed by atoms with Gasteiger partial charge < -0.3 is 24.6 Å². The Morgan fingerprint density at radius 3 is 2.46 bits per heavy atom. The SMILES string of the molecule is CN=C(NCC1(N(C)C)CCOCC1)N(C)CCOc1ccc(F)cc1. The first kappa shape index (κ1) is 20.5. The fourth-order valence-corrected chi connectivity index (χ4v) is 3.10. The summed E-state index contributed by atoms with van der Waals surface area (Å²) in [5.74, 6) is 1.24. The minimum Gasteiger partial charge on any atom is -0.492 e. The molecular weight excluding hydrogens is 335 g/mol. The molecule has 7 heteroatoms. The van der Waals surface area contributed by atoms with E-state index in [1.807, 2.05) is 11.9 Å². The minimum absolute atomic E-state index is 0.0830. The van der Waals surface area contributed by atoms with E-state index < -0.39 is 0 Å². The summed E-state index contributed by atoms with van der Waals surface area (Å²) >= 11 is 0. The Kier molecular flexibility index (Phi) is 7.66. The van der Waals surface area contributed by atoms with Crippen LogP contribution in [-0.2, 0) is 4.74 Å². The summed E-state index contributed by atoms with van der Waals surface area (Å²) in [7, 11) is 8.01. The molecule has 1 aliphatic heterocycles. The first-order valence-electron chi connectivity index (χ1n) is 9.02. The summed E-state index contributed by atoms with van der Waals surface area (Å²) in [4.78, 5) is 8.70. The molecule has 1 aromatic carbocycles. The highest BCUT2D eigenvalue weighted by Gasteiger charge is 2.35. The molecule has 146 valence electrons. The fraction of sp³-hybridized carbons (Fsp3) is 0.632. The van der Waals surface area contributed by atoms with Gasteiger partial charge in [-0.2, -0.15) is 0 Å². The molecule has 1 N–H and O–H groups in total. The van der Waals surface area contributed by atoms with Gasteiger partial charge in [-0.3, -0.25) is 4.99 Å². The molecule has 0 saturated carbocycles. The molecule has 0 aromatic heterocycles. The summed E-state index contributed by atoms with van der Waals surface area (Å²) in [5.41, 5.74) is 0.0830. The third-order valence-corrected chi connectivity index (χ3v) is 5.03. The zero-order valence-corrected chi connectivity index (χ0v) is 16.3. The van der Waals surface area contributed by atoms with Crippen molar-refractivity contribution in [3.63, 3.8) is 0 Å². The summed E-state index contributed by atoms with van der Waals surface area (Å²) in [6, 6.07) is 6.06. The first-order chi connectivity index (χ1) is 12.5. The second kappa shape index (κ2) is 9.73. The monoisotopic (exact) mass is 366 g/mol. The standard InChI is InChI=1S/C19H31FN4O2/c1-21-18(22-15-19(23(2)3)9-12-25-13-10-19)24(4)11-14-26-17-7-5-16(20)6-8-17/h5-8H,9-15H2,1-4H3,(H,21,22). The molecular formula is C19H31FN4O2. The number of benzene rings is 1. The minimum atomic E-state index is -0.262. The van der Waals surface area contributed by atoms with Gasteiger partial charge in [0.25, 0.3) is 0 Å². The average molecular weight is 366 g/mol. The molecule has 0 spiro atoms. The highest BCUT2D eigenvalue weighted by molar-refractivity contribution is 5.79. The number of aliphatic imine (C=N–C) groups is 1. The Labute approximate surface area is 156 Å². The van der Waals surface area contributed by atoms with Crippen LogP contribution in [0.5, 0.6) is 5.75 Å². The van der Waals surface area contributed by atoms with E-state index in [-0.39, 0.29) is 11.4 Å². The van der Waals surface area contributed by atoms with Crippen molar-refractivity contribution in [3.8, 4) is 5.75 Å². The Balaban J connectivity index is 1.82. The molecule has 0 unspecified atom stereocenters. The Morgan fingerprint density at radius 1 is 1.23 bits per heavy atom. The Hall–Kier alpha value is -1.86. The molecule has 2 rings (SSSR count). The van der Waals surface area contributed by atoms with Crippen LogP contribution in [0.4, 0.5) is 4.39 Å². The summed E-state index contributed by atoms with van der Waals surface area (Å²) in [6.45, 7) is 3.57. The lowest BCUT2D eigenvalue weighted by Crippen LogP contribution is -2.57. The van der Waals surface area contributed by atoms with E-state index in [4.69, 9.17) is 9.47 Å². The molecule has 1 aromatic rings. The molecule has 1 fully saturated rings. The second-order valence-electron chi connectivity index (χ2n) is 6.86. The molecule has 1 heterocycles. The van der Waals surface area contributed by atoms with Crippen molar-refractivity contribution in [1.29, 1.82) is 0 Å². The van der Waals surface area contributed by atoms with Gasteiger partial charge in [0.1, 0.15) is 18.2 Å². The van der Waals surface area contributed by atoms with E-state index in [2.05, 4.69) is 29.3 Å². The first-order valence-corrected chi connectivity index (χ1v) is 9.02. The van der Waals surface area contributed by atoms with Crippen molar-refractivity contribution in [2.24, 2.45) is 4.99 Å². The smallest absolute Gasteiger partial charge is 0.193 e. The van der Waals surface area contributed by atoms with Gasteiger partial charge in [-0.15, -0.1) is 0 Å². The number of ether oxygens (including phenoxy) is 2. The molecule has 26 heavy (non-hydrogen) atoms. The van der Waals surface area contributed by atoms with Crippen molar-refractivity contribution in [3.05, 3.63) is 30.1 Å². The van der Waals surface area contributed by atoms with Crippen molar-refractivity contribution >= 4 is 5.96 Å². The Morgan fingerprint density at radius 2 is 1.88 bits per heavy atom. The maximum Gasteiger partial charge on any atom is 0.193 e. The van der Waals surface area contributed by atoms with E-state index in [1.54, 1.807) is 19.2 Å². The van der Waals surface area contributed by atoms with E-state index in [9.17, 15) is 4.39 Å². The zero-order valence-electron chi connectivity index (χ0n) is 16.3. The third kappa shape index (κ3) is 5.57. The molecule has 1 aliphatic rings. The van der Waals surface area contributed by atoms with Gasteiger partial charge in [0.05, 0.1) is 6.54 Å². The molecule has 6 nitrogen and oxygen atoms in total. The predicted octanol–water partition coefficient (Wildman–Crippen LogP) is 1.82. The van der Waals surface area contributed by atoms with Gasteiger partial charge >= 0.3 is 0 Å². The second-order valence-corrected chi connectivity index (χ2v) is 6.86. The summed E-state index contributed by atoms with van der Waals surface area (Å²) in [5, 5.41) is 3.49. The third-order valence-electron chi connectivity index (χ3n) is 5.03. The molecule has 0 aliphatic carbocycles.